The minimum atomic E-state index is -0.00629. The summed E-state index contributed by atoms with van der Waals surface area (Å²) in [6.07, 6.45) is 6.60. The summed E-state index contributed by atoms with van der Waals surface area (Å²) in [6, 6.07) is 3.95. The lowest BCUT2D eigenvalue weighted by Crippen LogP contribution is -2.38. The molecule has 0 amide bonds. The molecular weight excluding hydrogens is 358 g/mol. The van der Waals surface area contributed by atoms with Gasteiger partial charge >= 0.3 is 0 Å². The van der Waals surface area contributed by atoms with Crippen LogP contribution >= 0.6 is 0 Å². The van der Waals surface area contributed by atoms with Gasteiger partial charge in [0.25, 0.3) is 11.3 Å². The third kappa shape index (κ3) is 2.95. The van der Waals surface area contributed by atoms with Gasteiger partial charge in [-0.3, -0.25) is 4.79 Å². The zero-order valence-electron chi connectivity index (χ0n) is 15.9. The second-order valence-corrected chi connectivity index (χ2v) is 7.49. The number of hydrogen-bond donors (Lipinski definition) is 0. The molecule has 3 aromatic heterocycles. The van der Waals surface area contributed by atoms with Crippen LogP contribution in [-0.4, -0.2) is 49.1 Å². The first-order chi connectivity index (χ1) is 13.7. The van der Waals surface area contributed by atoms with Crippen LogP contribution in [0.25, 0.3) is 5.78 Å². The van der Waals surface area contributed by atoms with E-state index < -0.39 is 0 Å². The van der Waals surface area contributed by atoms with Gasteiger partial charge in [-0.2, -0.15) is 19.7 Å². The number of fused-ring (bicyclic) bond motifs is 2. The first-order valence-corrected chi connectivity index (χ1v) is 9.78. The highest BCUT2D eigenvalue weighted by molar-refractivity contribution is 5.49. The molecule has 9 heteroatoms. The largest absolute Gasteiger partial charge is 0.378 e. The van der Waals surface area contributed by atoms with Crippen LogP contribution in [0.2, 0.25) is 0 Å². The quantitative estimate of drug-likeness (QED) is 0.651. The van der Waals surface area contributed by atoms with Crippen LogP contribution in [0, 0.1) is 0 Å². The summed E-state index contributed by atoms with van der Waals surface area (Å²) < 4.78 is 8.66. The summed E-state index contributed by atoms with van der Waals surface area (Å²) in [5.74, 6) is 1.49. The first-order valence-electron chi connectivity index (χ1n) is 9.78. The molecule has 9 nitrogen and oxygen atoms in total. The minimum Gasteiger partial charge on any atom is -0.378 e. The third-order valence-corrected chi connectivity index (χ3v) is 5.66. The molecule has 5 rings (SSSR count). The van der Waals surface area contributed by atoms with Gasteiger partial charge in [-0.05, 0) is 37.7 Å². The Labute approximate surface area is 162 Å². The van der Waals surface area contributed by atoms with Crippen LogP contribution in [-0.2, 0) is 30.7 Å². The summed E-state index contributed by atoms with van der Waals surface area (Å²) in [7, 11) is 1.65. The van der Waals surface area contributed by atoms with E-state index in [1.165, 1.54) is 6.33 Å². The SMILES string of the molecule is COCc1cc(N2CCCC2Cn2nc3c(cc2=O)CCC3)n2ncnc2n1. The molecule has 2 aliphatic rings. The third-order valence-electron chi connectivity index (χ3n) is 5.66. The van der Waals surface area contributed by atoms with Gasteiger partial charge in [0.1, 0.15) is 12.1 Å². The van der Waals surface area contributed by atoms with E-state index >= 15 is 0 Å². The fourth-order valence-corrected chi connectivity index (χ4v) is 4.37. The van der Waals surface area contributed by atoms with Crippen LogP contribution in [0.3, 0.4) is 0 Å². The van der Waals surface area contributed by atoms with Crippen molar-refractivity contribution in [1.29, 1.82) is 0 Å². The molecule has 1 aliphatic heterocycles. The molecule has 0 radical (unpaired) electrons. The number of anilines is 1. The molecule has 0 spiro atoms. The van der Waals surface area contributed by atoms with Crippen molar-refractivity contribution in [3.63, 3.8) is 0 Å². The van der Waals surface area contributed by atoms with Crippen molar-refractivity contribution in [3.8, 4) is 0 Å². The van der Waals surface area contributed by atoms with E-state index in [4.69, 9.17) is 4.74 Å². The maximum absolute atomic E-state index is 12.5. The fraction of sp³-hybridized carbons (Fsp3) is 0.526. The highest BCUT2D eigenvalue weighted by Crippen LogP contribution is 2.27. The molecule has 4 heterocycles. The van der Waals surface area contributed by atoms with Crippen LogP contribution in [0.5, 0.6) is 0 Å². The molecule has 1 aliphatic carbocycles. The Balaban J connectivity index is 1.49. The highest BCUT2D eigenvalue weighted by atomic mass is 16.5. The van der Waals surface area contributed by atoms with Gasteiger partial charge in [0.05, 0.1) is 30.6 Å². The first kappa shape index (κ1) is 17.3. The average molecular weight is 381 g/mol. The Kier molecular flexibility index (Phi) is 4.31. The highest BCUT2D eigenvalue weighted by Gasteiger charge is 2.29. The van der Waals surface area contributed by atoms with Gasteiger partial charge in [0.15, 0.2) is 0 Å². The second kappa shape index (κ2) is 6.97. The Morgan fingerprint density at radius 2 is 2.18 bits per heavy atom. The smallest absolute Gasteiger partial charge is 0.267 e. The molecule has 1 atom stereocenters. The molecule has 0 aromatic carbocycles. The van der Waals surface area contributed by atoms with Gasteiger partial charge in [-0.25, -0.2) is 9.67 Å². The molecular formula is C19H23N7O2. The Bertz CT molecular complexity index is 1070. The number of aryl methyl sites for hydroxylation is 2. The van der Waals surface area contributed by atoms with Gasteiger partial charge in [0, 0.05) is 25.8 Å². The zero-order valence-corrected chi connectivity index (χ0v) is 15.9. The maximum atomic E-state index is 12.5. The Hall–Kier alpha value is -2.81. The summed E-state index contributed by atoms with van der Waals surface area (Å²) in [4.78, 5) is 23.6. The normalized spacial score (nSPS) is 18.9. The van der Waals surface area contributed by atoms with Crippen molar-refractivity contribution in [2.75, 3.05) is 18.6 Å². The van der Waals surface area contributed by atoms with Crippen molar-refractivity contribution >= 4 is 11.6 Å². The minimum absolute atomic E-state index is 0.00629. The van der Waals surface area contributed by atoms with Crippen molar-refractivity contribution in [2.45, 2.75) is 51.3 Å². The Morgan fingerprint density at radius 3 is 3.07 bits per heavy atom. The number of ether oxygens (including phenoxy) is 1. The molecule has 1 saturated heterocycles. The van der Waals surface area contributed by atoms with E-state index in [1.54, 1.807) is 22.4 Å². The maximum Gasteiger partial charge on any atom is 0.267 e. The lowest BCUT2D eigenvalue weighted by molar-refractivity contribution is 0.181. The molecule has 1 fully saturated rings. The van der Waals surface area contributed by atoms with E-state index in [-0.39, 0.29) is 11.6 Å². The summed E-state index contributed by atoms with van der Waals surface area (Å²) in [6.45, 7) is 1.89. The van der Waals surface area contributed by atoms with Gasteiger partial charge in [-0.15, -0.1) is 0 Å². The predicted molar refractivity (Wildman–Crippen MR) is 102 cm³/mol. The summed E-state index contributed by atoms with van der Waals surface area (Å²) in [5, 5.41) is 9.00. The molecule has 0 N–H and O–H groups in total. The fourth-order valence-electron chi connectivity index (χ4n) is 4.37. The predicted octanol–water partition coefficient (Wildman–Crippen LogP) is 0.985. The molecule has 0 bridgehead atoms. The second-order valence-electron chi connectivity index (χ2n) is 7.49. The number of rotatable bonds is 5. The van der Waals surface area contributed by atoms with Crippen LogP contribution in [0.15, 0.2) is 23.3 Å². The average Bonchev–Trinajstić information content (AvgIpc) is 3.42. The molecule has 0 saturated carbocycles. The lowest BCUT2D eigenvalue weighted by Gasteiger charge is -2.27. The monoisotopic (exact) mass is 381 g/mol. The van der Waals surface area contributed by atoms with Gasteiger partial charge < -0.3 is 9.64 Å². The van der Waals surface area contributed by atoms with Gasteiger partial charge in [-0.1, -0.05) is 0 Å². The van der Waals surface area contributed by atoms with E-state index in [1.807, 2.05) is 6.07 Å². The van der Waals surface area contributed by atoms with Crippen LogP contribution < -0.4 is 10.5 Å². The van der Waals surface area contributed by atoms with Crippen molar-refractivity contribution < 1.29 is 4.74 Å². The number of nitrogens with zero attached hydrogens (tertiary/aromatic N) is 7. The molecule has 3 aromatic rings. The number of aromatic nitrogens is 6. The topological polar surface area (TPSA) is 90.4 Å². The number of hydrogen-bond acceptors (Lipinski definition) is 7. The standard InChI is InChI=1S/C19H23N7O2/c1-28-11-14-9-17(26-19(22-14)20-12-21-26)24-7-3-5-15(24)10-25-18(27)8-13-4-2-6-16(13)23-25/h8-9,12,15H,2-7,10-11H2,1H3. The van der Waals surface area contributed by atoms with Crippen molar-refractivity contribution in [3.05, 3.63) is 45.8 Å². The van der Waals surface area contributed by atoms with Crippen LogP contribution in [0.4, 0.5) is 5.82 Å². The van der Waals surface area contributed by atoms with Gasteiger partial charge in [0.2, 0.25) is 0 Å². The van der Waals surface area contributed by atoms with E-state index in [0.29, 0.717) is 18.9 Å². The summed E-state index contributed by atoms with van der Waals surface area (Å²) in [5.41, 5.74) is 3.01. The van der Waals surface area contributed by atoms with E-state index in [9.17, 15) is 4.79 Å². The molecule has 1 unspecified atom stereocenters. The lowest BCUT2D eigenvalue weighted by atomic mass is 10.2. The molecule has 28 heavy (non-hydrogen) atoms. The van der Waals surface area contributed by atoms with E-state index in [2.05, 4.69) is 25.1 Å². The zero-order chi connectivity index (χ0) is 19.1. The van der Waals surface area contributed by atoms with E-state index in [0.717, 1.165) is 61.4 Å². The number of methoxy groups -OCH3 is 1. The van der Waals surface area contributed by atoms with Crippen molar-refractivity contribution in [1.82, 2.24) is 29.4 Å². The Morgan fingerprint density at radius 1 is 1.25 bits per heavy atom. The van der Waals surface area contributed by atoms with Crippen molar-refractivity contribution in [2.24, 2.45) is 0 Å². The molecule has 146 valence electrons. The van der Waals surface area contributed by atoms with Crippen LogP contribution in [0.1, 0.15) is 36.2 Å². The summed E-state index contributed by atoms with van der Waals surface area (Å²) >= 11 is 0.